The van der Waals surface area contributed by atoms with Crippen molar-refractivity contribution in [3.8, 4) is 5.75 Å². The van der Waals surface area contributed by atoms with E-state index in [0.717, 1.165) is 25.7 Å². The van der Waals surface area contributed by atoms with E-state index in [2.05, 4.69) is 0 Å². The van der Waals surface area contributed by atoms with Gasteiger partial charge in [0.1, 0.15) is 11.6 Å². The van der Waals surface area contributed by atoms with Crippen LogP contribution in [0.2, 0.25) is 0 Å². The minimum absolute atomic E-state index is 0.237. The van der Waals surface area contributed by atoms with Gasteiger partial charge in [-0.1, -0.05) is 31.7 Å². The van der Waals surface area contributed by atoms with Gasteiger partial charge in [0.05, 0.1) is 20.3 Å². The van der Waals surface area contributed by atoms with Gasteiger partial charge in [0.25, 0.3) is 0 Å². The zero-order valence-electron chi connectivity index (χ0n) is 12.2. The number of hydrogen-bond acceptors (Lipinski definition) is 3. The Morgan fingerprint density at radius 1 is 1.20 bits per heavy atom. The summed E-state index contributed by atoms with van der Waals surface area (Å²) in [5.74, 6) is 0.224. The fourth-order valence-electron chi connectivity index (χ4n) is 2.71. The predicted molar refractivity (Wildman–Crippen MR) is 77.2 cm³/mol. The van der Waals surface area contributed by atoms with Crippen molar-refractivity contribution in [2.75, 3.05) is 13.7 Å². The molecule has 0 heterocycles. The molecule has 2 rings (SSSR count). The monoisotopic (exact) mass is 281 g/mol. The van der Waals surface area contributed by atoms with Gasteiger partial charge < -0.3 is 15.2 Å². The van der Waals surface area contributed by atoms with E-state index in [1.165, 1.54) is 26.0 Å². The van der Waals surface area contributed by atoms with E-state index in [1.807, 2.05) is 0 Å². The second-order valence-corrected chi connectivity index (χ2v) is 5.73. The van der Waals surface area contributed by atoms with Gasteiger partial charge in [0.15, 0.2) is 0 Å². The zero-order valence-corrected chi connectivity index (χ0v) is 12.2. The van der Waals surface area contributed by atoms with E-state index >= 15 is 0 Å². The first-order valence-electron chi connectivity index (χ1n) is 7.32. The van der Waals surface area contributed by atoms with Gasteiger partial charge in [-0.05, 0) is 18.9 Å². The molecule has 1 aliphatic rings. The van der Waals surface area contributed by atoms with Crippen molar-refractivity contribution < 1.29 is 13.9 Å². The first kappa shape index (κ1) is 15.3. The average molecular weight is 281 g/mol. The average Bonchev–Trinajstić information content (AvgIpc) is 2.66. The van der Waals surface area contributed by atoms with Crippen molar-refractivity contribution in [2.24, 2.45) is 5.73 Å². The third-order valence-electron chi connectivity index (χ3n) is 4.01. The van der Waals surface area contributed by atoms with Crippen molar-refractivity contribution >= 4 is 0 Å². The van der Waals surface area contributed by atoms with Crippen LogP contribution in [0.25, 0.3) is 0 Å². The van der Waals surface area contributed by atoms with Gasteiger partial charge >= 0.3 is 0 Å². The molecule has 0 spiro atoms. The summed E-state index contributed by atoms with van der Waals surface area (Å²) in [6.45, 7) is 0.757. The van der Waals surface area contributed by atoms with Crippen LogP contribution < -0.4 is 10.5 Å². The van der Waals surface area contributed by atoms with Crippen LogP contribution in [0.5, 0.6) is 5.75 Å². The third kappa shape index (κ3) is 4.18. The molecule has 3 nitrogen and oxygen atoms in total. The second-order valence-electron chi connectivity index (χ2n) is 5.73. The van der Waals surface area contributed by atoms with Crippen molar-refractivity contribution in [2.45, 2.75) is 50.7 Å². The number of hydrogen-bond donors (Lipinski definition) is 1. The van der Waals surface area contributed by atoms with Crippen LogP contribution >= 0.6 is 0 Å². The molecule has 1 aromatic rings. The second kappa shape index (κ2) is 7.04. The smallest absolute Gasteiger partial charge is 0.132 e. The lowest BCUT2D eigenvalue weighted by molar-refractivity contribution is 0.0651. The summed E-state index contributed by atoms with van der Waals surface area (Å²) in [6, 6.07) is 4.82. The Morgan fingerprint density at radius 3 is 2.50 bits per heavy atom. The minimum atomic E-state index is -0.295. The van der Waals surface area contributed by atoms with Crippen molar-refractivity contribution in [1.29, 1.82) is 0 Å². The summed E-state index contributed by atoms with van der Waals surface area (Å²) in [4.78, 5) is 0. The lowest BCUT2D eigenvalue weighted by Gasteiger charge is -2.27. The minimum Gasteiger partial charge on any atom is -0.497 e. The van der Waals surface area contributed by atoms with Gasteiger partial charge in [0, 0.05) is 17.2 Å². The van der Waals surface area contributed by atoms with Gasteiger partial charge in [-0.15, -0.1) is 0 Å². The van der Waals surface area contributed by atoms with Crippen molar-refractivity contribution in [1.82, 2.24) is 0 Å². The Morgan fingerprint density at radius 2 is 1.90 bits per heavy atom. The van der Waals surface area contributed by atoms with E-state index in [4.69, 9.17) is 15.2 Å². The maximum atomic E-state index is 13.8. The first-order valence-corrected chi connectivity index (χ1v) is 7.32. The summed E-state index contributed by atoms with van der Waals surface area (Å²) >= 11 is 0. The van der Waals surface area contributed by atoms with Crippen LogP contribution in [0, 0.1) is 5.82 Å². The highest BCUT2D eigenvalue weighted by Gasteiger charge is 2.26. The molecule has 0 unspecified atom stereocenters. The summed E-state index contributed by atoms with van der Waals surface area (Å²) in [7, 11) is 1.52. The molecule has 1 saturated carbocycles. The molecular formula is C16H24FNO2. The Hall–Kier alpha value is -1.13. The van der Waals surface area contributed by atoms with Gasteiger partial charge in [-0.2, -0.15) is 0 Å². The van der Waals surface area contributed by atoms with Crippen molar-refractivity contribution in [3.05, 3.63) is 29.6 Å². The molecule has 112 valence electrons. The molecule has 0 aliphatic heterocycles. The zero-order chi connectivity index (χ0) is 14.4. The Bertz CT molecular complexity index is 428. The molecule has 0 amide bonds. The number of rotatable bonds is 5. The van der Waals surface area contributed by atoms with E-state index in [9.17, 15) is 4.39 Å². The van der Waals surface area contributed by atoms with Crippen LogP contribution in [-0.2, 0) is 11.3 Å². The largest absolute Gasteiger partial charge is 0.497 e. The highest BCUT2D eigenvalue weighted by Crippen LogP contribution is 2.25. The maximum absolute atomic E-state index is 13.8. The normalized spacial score (nSPS) is 18.6. The Balaban J connectivity index is 1.85. The number of methoxy groups -OCH3 is 1. The third-order valence-corrected chi connectivity index (χ3v) is 4.01. The molecule has 0 bridgehead atoms. The number of nitrogens with two attached hydrogens (primary N) is 1. The molecule has 2 N–H and O–H groups in total. The first-order chi connectivity index (χ1) is 9.63. The van der Waals surface area contributed by atoms with Gasteiger partial charge in [-0.25, -0.2) is 4.39 Å². The van der Waals surface area contributed by atoms with E-state index in [-0.39, 0.29) is 18.0 Å². The maximum Gasteiger partial charge on any atom is 0.132 e. The molecule has 1 aliphatic carbocycles. The van der Waals surface area contributed by atoms with Crippen LogP contribution in [0.1, 0.15) is 44.1 Å². The molecule has 1 aromatic carbocycles. The standard InChI is InChI=1S/C16H24FNO2/c1-19-14-7-6-13(15(17)10-14)11-20-12-16(18)8-4-2-3-5-9-16/h6-7,10H,2-5,8-9,11-12,18H2,1H3. The van der Waals surface area contributed by atoms with Crippen LogP contribution in [-0.4, -0.2) is 19.3 Å². The summed E-state index contributed by atoms with van der Waals surface area (Å²) in [6.07, 6.45) is 6.84. The van der Waals surface area contributed by atoms with Crippen LogP contribution in [0.15, 0.2) is 18.2 Å². The van der Waals surface area contributed by atoms with Crippen LogP contribution in [0.3, 0.4) is 0 Å². The number of benzene rings is 1. The van der Waals surface area contributed by atoms with Crippen molar-refractivity contribution in [3.63, 3.8) is 0 Å². The lowest BCUT2D eigenvalue weighted by Crippen LogP contribution is -2.43. The van der Waals surface area contributed by atoms with Gasteiger partial charge in [-0.3, -0.25) is 0 Å². The molecule has 4 heteroatoms. The van der Waals surface area contributed by atoms with E-state index in [1.54, 1.807) is 12.1 Å². The van der Waals surface area contributed by atoms with E-state index < -0.39 is 0 Å². The molecule has 0 saturated heterocycles. The summed E-state index contributed by atoms with van der Waals surface area (Å²) < 4.78 is 24.4. The molecule has 20 heavy (non-hydrogen) atoms. The number of halogens is 1. The quantitative estimate of drug-likeness (QED) is 0.841. The summed E-state index contributed by atoms with van der Waals surface area (Å²) in [5.41, 5.74) is 6.68. The fourth-order valence-corrected chi connectivity index (χ4v) is 2.71. The van der Waals surface area contributed by atoms with E-state index in [0.29, 0.717) is 17.9 Å². The predicted octanol–water partition coefficient (Wildman–Crippen LogP) is 3.40. The molecule has 1 fully saturated rings. The Kier molecular flexibility index (Phi) is 5.38. The van der Waals surface area contributed by atoms with Crippen LogP contribution in [0.4, 0.5) is 4.39 Å². The highest BCUT2D eigenvalue weighted by atomic mass is 19.1. The Labute approximate surface area is 120 Å². The SMILES string of the molecule is COc1ccc(COCC2(N)CCCCCC2)c(F)c1. The number of ether oxygens (including phenoxy) is 2. The topological polar surface area (TPSA) is 44.5 Å². The molecule has 0 aromatic heterocycles. The van der Waals surface area contributed by atoms with Gasteiger partial charge in [0.2, 0.25) is 0 Å². The molecule has 0 radical (unpaired) electrons. The molecular weight excluding hydrogens is 257 g/mol. The fraction of sp³-hybridized carbons (Fsp3) is 0.625. The highest BCUT2D eigenvalue weighted by molar-refractivity contribution is 5.28. The lowest BCUT2D eigenvalue weighted by atomic mass is 9.92. The summed E-state index contributed by atoms with van der Waals surface area (Å²) in [5, 5.41) is 0. The molecule has 0 atom stereocenters.